The van der Waals surface area contributed by atoms with Gasteiger partial charge in [-0.15, -0.1) is 24.0 Å². The van der Waals surface area contributed by atoms with Gasteiger partial charge in [-0.25, -0.2) is 4.99 Å². The zero-order valence-electron chi connectivity index (χ0n) is 13.0. The Bertz CT molecular complexity index is 498. The average molecular weight is 415 g/mol. The SMILES string of the molecule is I.NC(=NCc1ccccc1OCC1CC1)NCC1CCC1. The van der Waals surface area contributed by atoms with E-state index in [1.807, 2.05) is 18.2 Å². The second-order valence-corrected chi connectivity index (χ2v) is 6.24. The van der Waals surface area contributed by atoms with Gasteiger partial charge >= 0.3 is 0 Å². The lowest BCUT2D eigenvalue weighted by atomic mass is 9.85. The molecule has 122 valence electrons. The zero-order chi connectivity index (χ0) is 14.5. The van der Waals surface area contributed by atoms with Crippen LogP contribution in [-0.4, -0.2) is 19.1 Å². The first kappa shape index (κ1) is 17.4. The van der Waals surface area contributed by atoms with Crippen LogP contribution in [0.1, 0.15) is 37.7 Å². The topological polar surface area (TPSA) is 59.6 Å². The number of guanidine groups is 1. The molecule has 2 aliphatic rings. The Hall–Kier alpha value is -0.980. The second-order valence-electron chi connectivity index (χ2n) is 6.24. The van der Waals surface area contributed by atoms with Crippen LogP contribution >= 0.6 is 24.0 Å². The summed E-state index contributed by atoms with van der Waals surface area (Å²) in [5.74, 6) is 3.03. The fourth-order valence-electron chi connectivity index (χ4n) is 2.44. The van der Waals surface area contributed by atoms with Crippen LogP contribution in [0.5, 0.6) is 5.75 Å². The Morgan fingerprint density at radius 2 is 1.95 bits per heavy atom. The van der Waals surface area contributed by atoms with Crippen LogP contribution in [0.2, 0.25) is 0 Å². The van der Waals surface area contributed by atoms with Gasteiger partial charge in [0.2, 0.25) is 0 Å². The zero-order valence-corrected chi connectivity index (χ0v) is 15.3. The molecule has 1 aromatic rings. The number of aliphatic imine (C=N–C) groups is 1. The molecule has 0 bridgehead atoms. The number of halogens is 1. The van der Waals surface area contributed by atoms with E-state index in [0.29, 0.717) is 12.5 Å². The summed E-state index contributed by atoms with van der Waals surface area (Å²) in [4.78, 5) is 4.43. The van der Waals surface area contributed by atoms with E-state index < -0.39 is 0 Å². The molecule has 0 amide bonds. The maximum atomic E-state index is 5.93. The minimum absolute atomic E-state index is 0. The van der Waals surface area contributed by atoms with Crippen molar-refractivity contribution in [3.05, 3.63) is 29.8 Å². The third-order valence-electron chi connectivity index (χ3n) is 4.36. The molecule has 4 nitrogen and oxygen atoms in total. The van der Waals surface area contributed by atoms with Gasteiger partial charge in [0.15, 0.2) is 5.96 Å². The lowest BCUT2D eigenvalue weighted by molar-refractivity contribution is 0.297. The molecule has 5 heteroatoms. The van der Waals surface area contributed by atoms with E-state index in [-0.39, 0.29) is 24.0 Å². The summed E-state index contributed by atoms with van der Waals surface area (Å²) >= 11 is 0. The largest absolute Gasteiger partial charge is 0.493 e. The van der Waals surface area contributed by atoms with E-state index in [9.17, 15) is 0 Å². The van der Waals surface area contributed by atoms with Gasteiger partial charge in [-0.2, -0.15) is 0 Å². The van der Waals surface area contributed by atoms with Crippen molar-refractivity contribution in [3.63, 3.8) is 0 Å². The van der Waals surface area contributed by atoms with Gasteiger partial charge in [0.1, 0.15) is 5.75 Å². The maximum absolute atomic E-state index is 5.93. The van der Waals surface area contributed by atoms with Crippen LogP contribution < -0.4 is 15.8 Å². The highest BCUT2D eigenvalue weighted by Crippen LogP contribution is 2.30. The van der Waals surface area contributed by atoms with E-state index in [2.05, 4.69) is 16.4 Å². The van der Waals surface area contributed by atoms with Crippen molar-refractivity contribution in [1.82, 2.24) is 5.32 Å². The lowest BCUT2D eigenvalue weighted by Gasteiger charge is -2.25. The van der Waals surface area contributed by atoms with Crippen molar-refractivity contribution < 1.29 is 4.74 Å². The first-order valence-electron chi connectivity index (χ1n) is 8.06. The van der Waals surface area contributed by atoms with Crippen LogP contribution in [0.4, 0.5) is 0 Å². The van der Waals surface area contributed by atoms with E-state index in [1.165, 1.54) is 32.1 Å². The number of rotatable bonds is 7. The Kier molecular flexibility index (Phi) is 6.79. The summed E-state index contributed by atoms with van der Waals surface area (Å²) in [5, 5.41) is 3.22. The minimum Gasteiger partial charge on any atom is -0.493 e. The highest BCUT2D eigenvalue weighted by Gasteiger charge is 2.22. The van der Waals surface area contributed by atoms with Crippen molar-refractivity contribution >= 4 is 29.9 Å². The molecular formula is C17H26IN3O. The fourth-order valence-corrected chi connectivity index (χ4v) is 2.44. The number of benzene rings is 1. The third-order valence-corrected chi connectivity index (χ3v) is 4.36. The fraction of sp³-hybridized carbons (Fsp3) is 0.588. The number of nitrogens with zero attached hydrogens (tertiary/aromatic N) is 1. The molecule has 1 aromatic carbocycles. The Balaban J connectivity index is 0.00000176. The first-order valence-corrected chi connectivity index (χ1v) is 8.06. The monoisotopic (exact) mass is 415 g/mol. The van der Waals surface area contributed by atoms with E-state index in [0.717, 1.165) is 36.3 Å². The van der Waals surface area contributed by atoms with Gasteiger partial charge < -0.3 is 15.8 Å². The smallest absolute Gasteiger partial charge is 0.188 e. The molecule has 0 aromatic heterocycles. The number of ether oxygens (including phenoxy) is 1. The summed E-state index contributed by atoms with van der Waals surface area (Å²) in [6.07, 6.45) is 6.60. The summed E-state index contributed by atoms with van der Waals surface area (Å²) in [6, 6.07) is 8.11. The maximum Gasteiger partial charge on any atom is 0.188 e. The quantitative estimate of drug-likeness (QED) is 0.408. The van der Waals surface area contributed by atoms with Crippen molar-refractivity contribution in [2.45, 2.75) is 38.6 Å². The first-order chi connectivity index (χ1) is 10.3. The van der Waals surface area contributed by atoms with Gasteiger partial charge in [-0.1, -0.05) is 24.6 Å². The number of nitrogens with one attached hydrogen (secondary N) is 1. The molecule has 0 unspecified atom stereocenters. The lowest BCUT2D eigenvalue weighted by Crippen LogP contribution is -2.37. The van der Waals surface area contributed by atoms with Gasteiger partial charge in [0, 0.05) is 12.1 Å². The van der Waals surface area contributed by atoms with Gasteiger partial charge in [0.05, 0.1) is 13.2 Å². The second kappa shape index (κ2) is 8.60. The van der Waals surface area contributed by atoms with E-state index in [1.54, 1.807) is 0 Å². The van der Waals surface area contributed by atoms with E-state index in [4.69, 9.17) is 10.5 Å². The van der Waals surface area contributed by atoms with Crippen LogP contribution in [0.15, 0.2) is 29.3 Å². The number of hydrogen-bond donors (Lipinski definition) is 2. The average Bonchev–Trinajstić information content (AvgIpc) is 3.26. The standard InChI is InChI=1S/C17H25N3O.HI/c18-17(19-10-13-4-3-5-13)20-11-15-6-1-2-7-16(15)21-12-14-8-9-14;/h1-2,6-7,13-14H,3-5,8-12H2,(H3,18,19,20);1H. The summed E-state index contributed by atoms with van der Waals surface area (Å²) in [7, 11) is 0. The predicted octanol–water partition coefficient (Wildman–Crippen LogP) is 3.30. The van der Waals surface area contributed by atoms with Gasteiger partial charge in [-0.3, -0.25) is 0 Å². The van der Waals surface area contributed by atoms with E-state index >= 15 is 0 Å². The Morgan fingerprint density at radius 3 is 2.64 bits per heavy atom. The molecule has 0 saturated heterocycles. The van der Waals surface area contributed by atoms with Crippen molar-refractivity contribution in [2.24, 2.45) is 22.6 Å². The number of hydrogen-bond acceptors (Lipinski definition) is 2. The number of para-hydroxylation sites is 1. The molecule has 0 spiro atoms. The normalized spacial score (nSPS) is 18.3. The molecule has 3 rings (SSSR count). The van der Waals surface area contributed by atoms with Crippen LogP contribution in [0.3, 0.4) is 0 Å². The molecule has 0 radical (unpaired) electrons. The Labute approximate surface area is 149 Å². The third kappa shape index (κ3) is 5.34. The molecule has 22 heavy (non-hydrogen) atoms. The minimum atomic E-state index is 0. The predicted molar refractivity (Wildman–Crippen MR) is 101 cm³/mol. The molecule has 0 atom stereocenters. The molecule has 3 N–H and O–H groups in total. The molecule has 0 heterocycles. The highest BCUT2D eigenvalue weighted by molar-refractivity contribution is 14.0. The molecule has 0 aliphatic heterocycles. The Morgan fingerprint density at radius 1 is 1.18 bits per heavy atom. The van der Waals surface area contributed by atoms with Crippen molar-refractivity contribution in [3.8, 4) is 5.75 Å². The van der Waals surface area contributed by atoms with Crippen molar-refractivity contribution in [2.75, 3.05) is 13.2 Å². The molecular weight excluding hydrogens is 389 g/mol. The summed E-state index contributed by atoms with van der Waals surface area (Å²) in [6.45, 7) is 2.36. The molecule has 2 fully saturated rings. The van der Waals surface area contributed by atoms with Crippen molar-refractivity contribution in [1.29, 1.82) is 0 Å². The van der Waals surface area contributed by atoms with Crippen LogP contribution in [0, 0.1) is 11.8 Å². The van der Waals surface area contributed by atoms with Gasteiger partial charge in [0.25, 0.3) is 0 Å². The van der Waals surface area contributed by atoms with Crippen LogP contribution in [0.25, 0.3) is 0 Å². The molecule has 2 aliphatic carbocycles. The highest BCUT2D eigenvalue weighted by atomic mass is 127. The van der Waals surface area contributed by atoms with Crippen LogP contribution in [-0.2, 0) is 6.54 Å². The summed E-state index contributed by atoms with van der Waals surface area (Å²) < 4.78 is 5.89. The number of nitrogens with two attached hydrogens (primary N) is 1. The summed E-state index contributed by atoms with van der Waals surface area (Å²) in [5.41, 5.74) is 7.03. The molecule has 2 saturated carbocycles. The van der Waals surface area contributed by atoms with Gasteiger partial charge in [-0.05, 0) is 43.6 Å².